The number of carbonyl (C=O) groups excluding carboxylic acids is 1. The molecule has 1 aliphatic heterocycles. The van der Waals surface area contributed by atoms with Crippen LogP contribution >= 0.6 is 0 Å². The van der Waals surface area contributed by atoms with E-state index in [0.29, 0.717) is 6.54 Å². The van der Waals surface area contributed by atoms with E-state index < -0.39 is 46.8 Å². The predicted octanol–water partition coefficient (Wildman–Crippen LogP) is 3.16. The van der Waals surface area contributed by atoms with E-state index in [4.69, 9.17) is 0 Å². The maximum atomic E-state index is 13.5. The van der Waals surface area contributed by atoms with Crippen molar-refractivity contribution in [2.24, 2.45) is 0 Å². The van der Waals surface area contributed by atoms with Crippen molar-refractivity contribution in [3.05, 3.63) is 29.1 Å². The Kier molecular flexibility index (Phi) is 4.69. The number of hydrogen-bond acceptors (Lipinski definition) is 3. The van der Waals surface area contributed by atoms with Crippen LogP contribution in [0.3, 0.4) is 0 Å². The second kappa shape index (κ2) is 6.20. The smallest absolute Gasteiger partial charge is 0.328 e. The molecular weight excluding hydrogens is 309 g/mol. The van der Waals surface area contributed by atoms with Gasteiger partial charge in [0.05, 0.1) is 0 Å². The Morgan fingerprint density at radius 3 is 2.05 bits per heavy atom. The van der Waals surface area contributed by atoms with Crippen molar-refractivity contribution in [2.75, 3.05) is 6.54 Å². The van der Waals surface area contributed by atoms with Gasteiger partial charge in [-0.25, -0.2) is 18.0 Å². The minimum Gasteiger partial charge on any atom is -0.419 e. The Morgan fingerprint density at radius 2 is 1.59 bits per heavy atom. The summed E-state index contributed by atoms with van der Waals surface area (Å²) >= 11 is 0. The molecule has 0 radical (unpaired) electrons. The number of hydrogen-bond donors (Lipinski definition) is 0. The molecule has 2 rings (SSSR count). The van der Waals surface area contributed by atoms with Crippen molar-refractivity contribution >= 4 is 5.97 Å². The minimum absolute atomic E-state index is 0.0685. The second-order valence-corrected chi connectivity index (χ2v) is 5.23. The fourth-order valence-corrected chi connectivity index (χ4v) is 2.53. The molecule has 1 aliphatic rings. The highest BCUT2D eigenvalue weighted by Gasteiger charge is 2.33. The van der Waals surface area contributed by atoms with Crippen LogP contribution < -0.4 is 4.74 Å². The van der Waals surface area contributed by atoms with Crippen LogP contribution in [0.2, 0.25) is 0 Å². The lowest BCUT2D eigenvalue weighted by Crippen LogP contribution is -2.43. The number of halogens is 5. The zero-order chi connectivity index (χ0) is 16.6. The van der Waals surface area contributed by atoms with E-state index >= 15 is 0 Å². The van der Waals surface area contributed by atoms with Gasteiger partial charge in [0.15, 0.2) is 0 Å². The van der Waals surface area contributed by atoms with E-state index in [1.807, 2.05) is 6.92 Å². The Morgan fingerprint density at radius 1 is 1.09 bits per heavy atom. The van der Waals surface area contributed by atoms with Gasteiger partial charge in [-0.1, -0.05) is 0 Å². The maximum absolute atomic E-state index is 13.5. The number of likely N-dealkylation sites (tertiary alicyclic amines) is 1. The minimum atomic E-state index is -2.30. The van der Waals surface area contributed by atoms with Crippen LogP contribution in [0.4, 0.5) is 22.0 Å². The lowest BCUT2D eigenvalue weighted by molar-refractivity contribution is -0.140. The molecule has 1 fully saturated rings. The van der Waals surface area contributed by atoms with Crippen LogP contribution in [0.15, 0.2) is 0 Å². The van der Waals surface area contributed by atoms with Gasteiger partial charge < -0.3 is 4.74 Å². The van der Waals surface area contributed by atoms with Crippen LogP contribution in [0.5, 0.6) is 5.75 Å². The van der Waals surface area contributed by atoms with E-state index in [0.717, 1.165) is 12.8 Å². The van der Waals surface area contributed by atoms with Gasteiger partial charge in [0.2, 0.25) is 34.8 Å². The maximum Gasteiger partial charge on any atom is 0.328 e. The summed E-state index contributed by atoms with van der Waals surface area (Å²) < 4.78 is 70.4. The zero-order valence-electron chi connectivity index (χ0n) is 11.9. The summed E-state index contributed by atoms with van der Waals surface area (Å²) in [5.74, 6) is -13.6. The molecule has 1 saturated heterocycles. The molecule has 2 unspecified atom stereocenters. The van der Waals surface area contributed by atoms with Gasteiger partial charge in [0, 0.05) is 6.04 Å². The summed E-state index contributed by atoms with van der Waals surface area (Å²) in [6, 6.07) is -0.786. The van der Waals surface area contributed by atoms with E-state index in [9.17, 15) is 26.7 Å². The van der Waals surface area contributed by atoms with Crippen molar-refractivity contribution in [1.82, 2.24) is 4.90 Å². The highest BCUT2D eigenvalue weighted by atomic mass is 19.2. The first-order valence-corrected chi connectivity index (χ1v) is 6.74. The molecule has 0 spiro atoms. The summed E-state index contributed by atoms with van der Waals surface area (Å²) in [6.07, 6.45) is 1.70. The molecule has 1 aromatic rings. The molecule has 1 heterocycles. The average Bonchev–Trinajstić information content (AvgIpc) is 2.92. The quantitative estimate of drug-likeness (QED) is 0.281. The molecule has 0 N–H and O–H groups in total. The fraction of sp³-hybridized carbons (Fsp3) is 0.500. The Hall–Kier alpha value is -1.70. The van der Waals surface area contributed by atoms with Crippen molar-refractivity contribution in [1.29, 1.82) is 0 Å². The van der Waals surface area contributed by atoms with Crippen molar-refractivity contribution < 1.29 is 31.5 Å². The summed E-state index contributed by atoms with van der Waals surface area (Å²) in [5, 5.41) is 0. The summed E-state index contributed by atoms with van der Waals surface area (Å²) in [5.41, 5.74) is 0. The number of benzene rings is 1. The first-order chi connectivity index (χ1) is 10.3. The van der Waals surface area contributed by atoms with E-state index in [2.05, 4.69) is 4.74 Å². The lowest BCUT2D eigenvalue weighted by Gasteiger charge is -2.26. The SMILES string of the molecule is CC1CCCN1C(C)C(=O)Oc1c(F)c(F)c(F)c(F)c1F. The van der Waals surface area contributed by atoms with Gasteiger partial charge in [0.25, 0.3) is 0 Å². The molecule has 0 aromatic heterocycles. The van der Waals surface area contributed by atoms with Crippen LogP contribution in [0.1, 0.15) is 26.7 Å². The fourth-order valence-electron chi connectivity index (χ4n) is 2.53. The Balaban J connectivity index is 2.25. The highest BCUT2D eigenvalue weighted by molar-refractivity contribution is 5.78. The van der Waals surface area contributed by atoms with Crippen molar-refractivity contribution in [2.45, 2.75) is 38.8 Å². The molecule has 1 aromatic carbocycles. The normalized spacial score (nSPS) is 20.2. The largest absolute Gasteiger partial charge is 0.419 e. The van der Waals surface area contributed by atoms with Crippen LogP contribution in [0, 0.1) is 29.1 Å². The number of nitrogens with zero attached hydrogens (tertiary/aromatic N) is 1. The van der Waals surface area contributed by atoms with Gasteiger partial charge in [0.1, 0.15) is 6.04 Å². The summed E-state index contributed by atoms with van der Waals surface area (Å²) in [7, 11) is 0. The van der Waals surface area contributed by atoms with E-state index in [1.54, 1.807) is 4.90 Å². The van der Waals surface area contributed by atoms with E-state index in [-0.39, 0.29) is 6.04 Å². The van der Waals surface area contributed by atoms with Crippen LogP contribution in [0.25, 0.3) is 0 Å². The number of ether oxygens (including phenoxy) is 1. The number of esters is 1. The molecule has 122 valence electrons. The predicted molar refractivity (Wildman–Crippen MR) is 66.7 cm³/mol. The molecule has 2 atom stereocenters. The highest BCUT2D eigenvalue weighted by Crippen LogP contribution is 2.30. The number of carbonyl (C=O) groups is 1. The lowest BCUT2D eigenvalue weighted by atomic mass is 10.2. The van der Waals surface area contributed by atoms with Gasteiger partial charge in [-0.3, -0.25) is 4.90 Å². The molecule has 3 nitrogen and oxygen atoms in total. The van der Waals surface area contributed by atoms with Gasteiger partial charge >= 0.3 is 5.97 Å². The zero-order valence-corrected chi connectivity index (χ0v) is 11.9. The van der Waals surface area contributed by atoms with Crippen LogP contribution in [-0.2, 0) is 4.79 Å². The third kappa shape index (κ3) is 2.79. The van der Waals surface area contributed by atoms with Gasteiger partial charge in [-0.05, 0) is 33.2 Å². The monoisotopic (exact) mass is 323 g/mol. The molecule has 0 amide bonds. The first kappa shape index (κ1) is 16.7. The summed E-state index contributed by atoms with van der Waals surface area (Å²) in [6.45, 7) is 3.92. The number of rotatable bonds is 3. The molecule has 8 heteroatoms. The molecular formula is C14H14F5NO2. The first-order valence-electron chi connectivity index (χ1n) is 6.74. The van der Waals surface area contributed by atoms with Crippen molar-refractivity contribution in [3.8, 4) is 5.75 Å². The van der Waals surface area contributed by atoms with Crippen LogP contribution in [-0.4, -0.2) is 29.5 Å². The van der Waals surface area contributed by atoms with Crippen molar-refractivity contribution in [3.63, 3.8) is 0 Å². The average molecular weight is 323 g/mol. The molecule has 0 aliphatic carbocycles. The van der Waals surface area contributed by atoms with Gasteiger partial charge in [-0.2, -0.15) is 8.78 Å². The standard InChI is InChI=1S/C14H14F5NO2/c1-6-4-3-5-20(6)7(2)14(21)22-13-11(18)9(16)8(15)10(17)12(13)19/h6-7H,3-5H2,1-2H3. The second-order valence-electron chi connectivity index (χ2n) is 5.23. The third-order valence-electron chi connectivity index (χ3n) is 3.82. The Labute approximate surface area is 123 Å². The topological polar surface area (TPSA) is 29.5 Å². The molecule has 0 saturated carbocycles. The van der Waals surface area contributed by atoms with Gasteiger partial charge in [-0.15, -0.1) is 0 Å². The molecule has 0 bridgehead atoms. The molecule has 22 heavy (non-hydrogen) atoms. The Bertz CT molecular complexity index is 578. The van der Waals surface area contributed by atoms with E-state index in [1.165, 1.54) is 6.92 Å². The summed E-state index contributed by atoms with van der Waals surface area (Å²) in [4.78, 5) is 13.7. The third-order valence-corrected chi connectivity index (χ3v) is 3.82.